The molecule has 0 fully saturated rings. The average Bonchev–Trinajstić information content (AvgIpc) is 2.80. The second-order valence-electron chi connectivity index (χ2n) is 3.83. The van der Waals surface area contributed by atoms with Gasteiger partial charge < -0.3 is 9.52 Å². The smallest absolute Gasteiger partial charge is 0.205 e. The number of phenolic OH excluding ortho intramolecular Hbond substituents is 1. The first-order valence-corrected chi connectivity index (χ1v) is 6.57. The van der Waals surface area contributed by atoms with Gasteiger partial charge in [-0.3, -0.25) is 0 Å². The molecule has 3 nitrogen and oxygen atoms in total. The number of aromatic nitrogens is 1. The molecule has 18 heavy (non-hydrogen) atoms. The average molecular weight is 257 g/mol. The van der Waals surface area contributed by atoms with E-state index >= 15 is 0 Å². The van der Waals surface area contributed by atoms with Crippen LogP contribution in [0.15, 0.2) is 57.8 Å². The second-order valence-corrected chi connectivity index (χ2v) is 4.85. The van der Waals surface area contributed by atoms with E-state index in [1.54, 1.807) is 12.1 Å². The zero-order valence-corrected chi connectivity index (χ0v) is 10.4. The summed E-state index contributed by atoms with van der Waals surface area (Å²) in [6.07, 6.45) is 0. The van der Waals surface area contributed by atoms with Gasteiger partial charge in [-0.2, -0.15) is 0 Å². The first-order valence-electron chi connectivity index (χ1n) is 5.58. The van der Waals surface area contributed by atoms with E-state index in [0.717, 1.165) is 16.0 Å². The summed E-state index contributed by atoms with van der Waals surface area (Å²) in [6, 6.07) is 14.9. The molecule has 0 saturated carbocycles. The van der Waals surface area contributed by atoms with Crippen molar-refractivity contribution in [2.45, 2.75) is 10.6 Å². The van der Waals surface area contributed by atoms with Crippen LogP contribution in [0.2, 0.25) is 0 Å². The molecule has 0 saturated heterocycles. The van der Waals surface area contributed by atoms with Gasteiger partial charge in [0.2, 0.25) is 5.89 Å². The number of benzene rings is 2. The van der Waals surface area contributed by atoms with E-state index in [2.05, 4.69) is 4.98 Å². The van der Waals surface area contributed by atoms with Crippen molar-refractivity contribution < 1.29 is 9.52 Å². The molecule has 0 aliphatic rings. The van der Waals surface area contributed by atoms with Crippen LogP contribution in [0.4, 0.5) is 0 Å². The van der Waals surface area contributed by atoms with Crippen LogP contribution in [-0.4, -0.2) is 10.1 Å². The minimum Gasteiger partial charge on any atom is -0.507 e. The molecule has 0 aliphatic heterocycles. The maximum Gasteiger partial charge on any atom is 0.205 e. The SMILES string of the molecule is Oc1ccccc1SCc1nc2ccccc2o1. The van der Waals surface area contributed by atoms with Gasteiger partial charge in [-0.1, -0.05) is 24.3 Å². The molecular formula is C14H11NO2S. The zero-order chi connectivity index (χ0) is 12.4. The summed E-state index contributed by atoms with van der Waals surface area (Å²) < 4.78 is 5.62. The third kappa shape index (κ3) is 2.19. The Balaban J connectivity index is 1.79. The molecular weight excluding hydrogens is 246 g/mol. The number of rotatable bonds is 3. The highest BCUT2D eigenvalue weighted by Crippen LogP contribution is 2.30. The maximum absolute atomic E-state index is 9.66. The molecule has 3 rings (SSSR count). The van der Waals surface area contributed by atoms with E-state index in [-0.39, 0.29) is 0 Å². The van der Waals surface area contributed by atoms with Crippen molar-refractivity contribution in [1.29, 1.82) is 0 Å². The predicted molar refractivity (Wildman–Crippen MR) is 71.7 cm³/mol. The van der Waals surface area contributed by atoms with Gasteiger partial charge in [0.05, 0.1) is 5.75 Å². The van der Waals surface area contributed by atoms with Gasteiger partial charge in [0, 0.05) is 4.90 Å². The molecule has 1 N–H and O–H groups in total. The fraction of sp³-hybridized carbons (Fsp3) is 0.0714. The molecule has 1 heterocycles. The first-order chi connectivity index (χ1) is 8.83. The number of oxazole rings is 1. The van der Waals surface area contributed by atoms with Crippen LogP contribution >= 0.6 is 11.8 Å². The monoisotopic (exact) mass is 257 g/mol. The summed E-state index contributed by atoms with van der Waals surface area (Å²) in [5.74, 6) is 1.56. The van der Waals surface area contributed by atoms with E-state index in [1.165, 1.54) is 11.8 Å². The number of aromatic hydroxyl groups is 1. The quantitative estimate of drug-likeness (QED) is 0.724. The number of fused-ring (bicyclic) bond motifs is 1. The van der Waals surface area contributed by atoms with E-state index in [4.69, 9.17) is 4.42 Å². The molecule has 3 aromatic rings. The number of phenols is 1. The summed E-state index contributed by atoms with van der Waals surface area (Å²) in [6.45, 7) is 0. The van der Waals surface area contributed by atoms with Crippen LogP contribution in [0, 0.1) is 0 Å². The van der Waals surface area contributed by atoms with Crippen LogP contribution < -0.4 is 0 Å². The Morgan fingerprint density at radius 3 is 2.67 bits per heavy atom. The van der Waals surface area contributed by atoms with Gasteiger partial charge in [0.15, 0.2) is 5.58 Å². The van der Waals surface area contributed by atoms with Crippen molar-refractivity contribution in [3.63, 3.8) is 0 Å². The van der Waals surface area contributed by atoms with Gasteiger partial charge in [-0.25, -0.2) is 4.98 Å². The Morgan fingerprint density at radius 1 is 1.06 bits per heavy atom. The predicted octanol–water partition coefficient (Wildman–Crippen LogP) is 3.83. The Hall–Kier alpha value is -1.94. The lowest BCUT2D eigenvalue weighted by atomic mass is 10.3. The summed E-state index contributed by atoms with van der Waals surface area (Å²) in [7, 11) is 0. The highest BCUT2D eigenvalue weighted by Gasteiger charge is 2.07. The third-order valence-corrected chi connectivity index (χ3v) is 3.60. The molecule has 0 unspecified atom stereocenters. The largest absolute Gasteiger partial charge is 0.507 e. The van der Waals surface area contributed by atoms with Crippen molar-refractivity contribution in [1.82, 2.24) is 4.98 Å². The van der Waals surface area contributed by atoms with E-state index in [1.807, 2.05) is 36.4 Å². The lowest BCUT2D eigenvalue weighted by Gasteiger charge is -2.00. The second kappa shape index (κ2) is 4.74. The summed E-state index contributed by atoms with van der Waals surface area (Å²) in [5, 5.41) is 9.66. The summed E-state index contributed by atoms with van der Waals surface area (Å²) in [5.41, 5.74) is 1.66. The van der Waals surface area contributed by atoms with Crippen LogP contribution in [0.3, 0.4) is 0 Å². The van der Waals surface area contributed by atoms with Crippen LogP contribution in [-0.2, 0) is 5.75 Å². The molecule has 0 bridgehead atoms. The fourth-order valence-electron chi connectivity index (χ4n) is 1.70. The number of hydrogen-bond acceptors (Lipinski definition) is 4. The Kier molecular flexibility index (Phi) is 2.94. The molecule has 0 spiro atoms. The topological polar surface area (TPSA) is 46.3 Å². The van der Waals surface area contributed by atoms with Gasteiger partial charge >= 0.3 is 0 Å². The van der Waals surface area contributed by atoms with Crippen LogP contribution in [0.1, 0.15) is 5.89 Å². The first kappa shape index (κ1) is 11.2. The standard InChI is InChI=1S/C14H11NO2S/c16-11-6-2-4-8-13(11)18-9-14-15-10-5-1-3-7-12(10)17-14/h1-8,16H,9H2. The molecule has 1 aromatic heterocycles. The molecule has 0 aliphatic carbocycles. The normalized spacial score (nSPS) is 10.9. The minimum atomic E-state index is 0.290. The van der Waals surface area contributed by atoms with E-state index < -0.39 is 0 Å². The Morgan fingerprint density at radius 2 is 1.83 bits per heavy atom. The molecule has 90 valence electrons. The number of nitrogens with zero attached hydrogens (tertiary/aromatic N) is 1. The van der Waals surface area contributed by atoms with Gasteiger partial charge in [-0.15, -0.1) is 11.8 Å². The maximum atomic E-state index is 9.66. The molecule has 4 heteroatoms. The van der Waals surface area contributed by atoms with Crippen LogP contribution in [0.25, 0.3) is 11.1 Å². The van der Waals surface area contributed by atoms with Crippen molar-refractivity contribution in [3.05, 3.63) is 54.4 Å². The van der Waals surface area contributed by atoms with Crippen molar-refractivity contribution in [2.24, 2.45) is 0 Å². The number of para-hydroxylation sites is 3. The Bertz CT molecular complexity index is 645. The summed E-state index contributed by atoms with van der Waals surface area (Å²) >= 11 is 1.51. The third-order valence-electron chi connectivity index (χ3n) is 2.55. The summed E-state index contributed by atoms with van der Waals surface area (Å²) in [4.78, 5) is 5.22. The minimum absolute atomic E-state index is 0.290. The fourth-order valence-corrected chi connectivity index (χ4v) is 2.49. The number of hydrogen-bond donors (Lipinski definition) is 1. The van der Waals surface area contributed by atoms with Gasteiger partial charge in [0.1, 0.15) is 11.3 Å². The zero-order valence-electron chi connectivity index (χ0n) is 9.54. The van der Waals surface area contributed by atoms with Crippen molar-refractivity contribution in [2.75, 3.05) is 0 Å². The van der Waals surface area contributed by atoms with E-state index in [0.29, 0.717) is 17.4 Å². The Labute approximate surface area is 108 Å². The van der Waals surface area contributed by atoms with Gasteiger partial charge in [0.25, 0.3) is 0 Å². The van der Waals surface area contributed by atoms with Crippen molar-refractivity contribution in [3.8, 4) is 5.75 Å². The highest BCUT2D eigenvalue weighted by molar-refractivity contribution is 7.98. The number of thioether (sulfide) groups is 1. The van der Waals surface area contributed by atoms with Crippen LogP contribution in [0.5, 0.6) is 5.75 Å². The molecule has 0 amide bonds. The molecule has 0 radical (unpaired) electrons. The molecule has 2 aromatic carbocycles. The lowest BCUT2D eigenvalue weighted by Crippen LogP contribution is -1.80. The molecule has 0 atom stereocenters. The lowest BCUT2D eigenvalue weighted by molar-refractivity contribution is 0.462. The highest BCUT2D eigenvalue weighted by atomic mass is 32.2. The van der Waals surface area contributed by atoms with Gasteiger partial charge in [-0.05, 0) is 24.3 Å². The van der Waals surface area contributed by atoms with E-state index in [9.17, 15) is 5.11 Å². The van der Waals surface area contributed by atoms with Crippen molar-refractivity contribution >= 4 is 22.9 Å².